The monoisotopic (exact) mass is 517 g/mol. The highest BCUT2D eigenvalue weighted by molar-refractivity contribution is 7.71. The van der Waals surface area contributed by atoms with Gasteiger partial charge in [-0.05, 0) is 37.1 Å². The summed E-state index contributed by atoms with van der Waals surface area (Å²) in [7, 11) is -2.86. The molecule has 1 aromatic carbocycles. The van der Waals surface area contributed by atoms with E-state index in [0.717, 1.165) is 12.3 Å². The van der Waals surface area contributed by atoms with Gasteiger partial charge in [-0.15, -0.1) is 0 Å². The maximum absolute atomic E-state index is 13.5. The minimum absolute atomic E-state index is 0.0455. The molecule has 0 bridgehead atoms. The third-order valence-corrected chi connectivity index (χ3v) is 9.01. The van der Waals surface area contributed by atoms with Crippen LogP contribution in [0.1, 0.15) is 35.5 Å². The molecule has 1 aliphatic rings. The summed E-state index contributed by atoms with van der Waals surface area (Å²) >= 11 is 0. The maximum atomic E-state index is 13.5. The van der Waals surface area contributed by atoms with E-state index in [0.29, 0.717) is 25.4 Å². The summed E-state index contributed by atoms with van der Waals surface area (Å²) < 4.78 is 93.9. The summed E-state index contributed by atoms with van der Waals surface area (Å²) in [6, 6.07) is 4.25. The van der Waals surface area contributed by atoms with E-state index in [2.05, 4.69) is 25.6 Å². The molecule has 188 valence electrons. The lowest BCUT2D eigenvalue weighted by Gasteiger charge is -2.24. The number of anilines is 1. The van der Waals surface area contributed by atoms with Crippen molar-refractivity contribution in [2.75, 3.05) is 30.7 Å². The van der Waals surface area contributed by atoms with Crippen LogP contribution in [0.2, 0.25) is 0 Å². The molecule has 0 saturated carbocycles. The molecule has 3 heterocycles. The van der Waals surface area contributed by atoms with Gasteiger partial charge in [0.1, 0.15) is 18.4 Å². The second-order valence-corrected chi connectivity index (χ2v) is 11.6. The number of aromatic nitrogens is 3. The van der Waals surface area contributed by atoms with Gasteiger partial charge < -0.3 is 15.2 Å². The summed E-state index contributed by atoms with van der Waals surface area (Å²) in [6.45, 7) is 3.88. The molecule has 13 heteroatoms. The number of nitrogens with one attached hydrogen (secondary N) is 2. The molecule has 35 heavy (non-hydrogen) atoms. The molecule has 0 unspecified atom stereocenters. The number of hydrogen-bond donors (Lipinski definition) is 2. The molecule has 2 N–H and O–H groups in total. The SMILES string of the molecule is Cc1c([C@@H](C)Nc2nc(C(F)(F)F)nc3cnc(P4(=O)CCNCC4)cc23)cccc1C(F)(F)F. The zero-order valence-corrected chi connectivity index (χ0v) is 19.7. The standard InChI is InChI=1S/C22H22F6N5OP/c1-12-14(4-3-5-16(12)21(23,24)25)13(2)31-19-15-10-18(35(34)8-6-29-7-9-35)30-11-17(15)32-20(33-19)22(26,27)28/h3-5,10-11,13,29H,6-9H2,1-2H3,(H,31,32,33)/t13-/m1/s1. The normalized spacial score (nSPS) is 17.4. The zero-order chi connectivity index (χ0) is 25.6. The number of pyridine rings is 1. The van der Waals surface area contributed by atoms with Crippen LogP contribution in [-0.4, -0.2) is 40.4 Å². The lowest BCUT2D eigenvalue weighted by Crippen LogP contribution is -2.33. The number of halogens is 6. The van der Waals surface area contributed by atoms with Crippen LogP contribution >= 0.6 is 7.14 Å². The van der Waals surface area contributed by atoms with E-state index in [1.54, 1.807) is 0 Å². The second-order valence-electron chi connectivity index (χ2n) is 8.42. The van der Waals surface area contributed by atoms with E-state index in [4.69, 9.17) is 0 Å². The first kappa shape index (κ1) is 25.4. The quantitative estimate of drug-likeness (QED) is 0.369. The maximum Gasteiger partial charge on any atom is 0.451 e. The molecule has 1 atom stereocenters. The average Bonchev–Trinajstić information content (AvgIpc) is 2.78. The van der Waals surface area contributed by atoms with Gasteiger partial charge in [-0.2, -0.15) is 26.3 Å². The average molecular weight is 517 g/mol. The fraction of sp³-hybridized carbons (Fsp3) is 0.409. The van der Waals surface area contributed by atoms with Gasteiger partial charge in [-0.25, -0.2) is 9.97 Å². The first-order valence-electron chi connectivity index (χ1n) is 10.8. The number of fused-ring (bicyclic) bond motifs is 1. The predicted octanol–water partition coefficient (Wildman–Crippen LogP) is 5.14. The van der Waals surface area contributed by atoms with Gasteiger partial charge in [0, 0.05) is 30.8 Å². The molecule has 1 fully saturated rings. The molecule has 0 spiro atoms. The van der Waals surface area contributed by atoms with Gasteiger partial charge in [0.05, 0.1) is 23.3 Å². The Morgan fingerprint density at radius 3 is 2.37 bits per heavy atom. The molecular formula is C22H22F6N5OP. The summed E-state index contributed by atoms with van der Waals surface area (Å²) in [4.78, 5) is 11.4. The van der Waals surface area contributed by atoms with Gasteiger partial charge >= 0.3 is 12.4 Å². The van der Waals surface area contributed by atoms with Gasteiger partial charge in [0.25, 0.3) is 0 Å². The number of benzene rings is 1. The van der Waals surface area contributed by atoms with Crippen LogP contribution in [0.25, 0.3) is 10.9 Å². The summed E-state index contributed by atoms with van der Waals surface area (Å²) in [6.07, 6.45) is -7.59. The van der Waals surface area contributed by atoms with E-state index in [1.165, 1.54) is 32.0 Å². The van der Waals surface area contributed by atoms with Crippen LogP contribution in [0.4, 0.5) is 32.2 Å². The third kappa shape index (κ3) is 5.13. The van der Waals surface area contributed by atoms with Gasteiger partial charge in [-0.1, -0.05) is 12.1 Å². The van der Waals surface area contributed by atoms with Crippen molar-refractivity contribution in [2.45, 2.75) is 32.2 Å². The van der Waals surface area contributed by atoms with Gasteiger partial charge in [0.15, 0.2) is 0 Å². The number of alkyl halides is 6. The van der Waals surface area contributed by atoms with Crippen LogP contribution < -0.4 is 16.1 Å². The molecule has 3 aromatic rings. The number of hydrogen-bond acceptors (Lipinski definition) is 6. The Labute approximate surface area is 196 Å². The van der Waals surface area contributed by atoms with Crippen molar-refractivity contribution < 1.29 is 30.9 Å². The zero-order valence-electron chi connectivity index (χ0n) is 18.8. The van der Waals surface area contributed by atoms with Crippen molar-refractivity contribution >= 4 is 29.3 Å². The van der Waals surface area contributed by atoms with Crippen molar-refractivity contribution in [3.8, 4) is 0 Å². The first-order chi connectivity index (χ1) is 16.3. The predicted molar refractivity (Wildman–Crippen MR) is 120 cm³/mol. The molecule has 0 aliphatic carbocycles. The highest BCUT2D eigenvalue weighted by atomic mass is 31.2. The Balaban J connectivity index is 1.82. The fourth-order valence-electron chi connectivity index (χ4n) is 4.18. The molecule has 1 saturated heterocycles. The minimum Gasteiger partial charge on any atom is -0.363 e. The van der Waals surface area contributed by atoms with Crippen molar-refractivity contribution in [3.05, 3.63) is 53.0 Å². The molecule has 0 amide bonds. The van der Waals surface area contributed by atoms with Crippen LogP contribution in [-0.2, 0) is 16.9 Å². The van der Waals surface area contributed by atoms with Crippen molar-refractivity contribution in [1.29, 1.82) is 0 Å². The van der Waals surface area contributed by atoms with Crippen LogP contribution in [0.5, 0.6) is 0 Å². The van der Waals surface area contributed by atoms with Gasteiger partial charge in [0.2, 0.25) is 5.82 Å². The smallest absolute Gasteiger partial charge is 0.363 e. The Morgan fingerprint density at radius 2 is 1.74 bits per heavy atom. The largest absolute Gasteiger partial charge is 0.451 e. The third-order valence-electron chi connectivity index (χ3n) is 6.04. The van der Waals surface area contributed by atoms with Crippen molar-refractivity contribution in [2.24, 2.45) is 0 Å². The Morgan fingerprint density at radius 1 is 1.06 bits per heavy atom. The molecule has 2 aromatic heterocycles. The summed E-state index contributed by atoms with van der Waals surface area (Å²) in [5.41, 5.74) is -0.478. The van der Waals surface area contributed by atoms with E-state index >= 15 is 0 Å². The molecule has 1 aliphatic heterocycles. The van der Waals surface area contributed by atoms with E-state index in [1.807, 2.05) is 0 Å². The van der Waals surface area contributed by atoms with Crippen molar-refractivity contribution in [3.63, 3.8) is 0 Å². The summed E-state index contributed by atoms with van der Waals surface area (Å²) in [5.74, 6) is -1.64. The van der Waals surface area contributed by atoms with Crippen LogP contribution in [0.15, 0.2) is 30.5 Å². The van der Waals surface area contributed by atoms with E-state index < -0.39 is 36.9 Å². The second kappa shape index (κ2) is 9.05. The number of rotatable bonds is 4. The Hall–Kier alpha value is -2.72. The highest BCUT2D eigenvalue weighted by Crippen LogP contribution is 2.45. The van der Waals surface area contributed by atoms with Gasteiger partial charge in [-0.3, -0.25) is 4.98 Å². The van der Waals surface area contributed by atoms with E-state index in [-0.39, 0.29) is 33.3 Å². The Kier molecular flexibility index (Phi) is 6.56. The minimum atomic E-state index is -4.86. The Bertz CT molecular complexity index is 1300. The van der Waals surface area contributed by atoms with E-state index in [9.17, 15) is 30.9 Å². The van der Waals surface area contributed by atoms with Crippen molar-refractivity contribution in [1.82, 2.24) is 20.3 Å². The fourth-order valence-corrected chi connectivity index (χ4v) is 6.53. The van der Waals surface area contributed by atoms with Crippen LogP contribution in [0, 0.1) is 6.92 Å². The first-order valence-corrected chi connectivity index (χ1v) is 12.8. The number of nitrogens with zero attached hydrogens (tertiary/aromatic N) is 3. The topological polar surface area (TPSA) is 79.8 Å². The van der Waals surface area contributed by atoms with Crippen LogP contribution in [0.3, 0.4) is 0 Å². The molecular weight excluding hydrogens is 495 g/mol. The highest BCUT2D eigenvalue weighted by Gasteiger charge is 2.37. The summed E-state index contributed by atoms with van der Waals surface area (Å²) in [5, 5.41) is 6.09. The molecule has 0 radical (unpaired) electrons. The lowest BCUT2D eigenvalue weighted by atomic mass is 9.97. The molecule has 4 rings (SSSR count). The lowest BCUT2D eigenvalue weighted by molar-refractivity contribution is -0.144. The molecule has 6 nitrogen and oxygen atoms in total.